The molecule has 2 aromatic carbocycles. The Balaban J connectivity index is 2.16. The summed E-state index contributed by atoms with van der Waals surface area (Å²) in [5.41, 5.74) is 1.93. The van der Waals surface area contributed by atoms with Crippen LogP contribution in [0.4, 0.5) is 4.39 Å². The molecule has 1 atom stereocenters. The summed E-state index contributed by atoms with van der Waals surface area (Å²) in [5, 5.41) is 2.92. The highest BCUT2D eigenvalue weighted by molar-refractivity contribution is 5.88. The van der Waals surface area contributed by atoms with Crippen molar-refractivity contribution in [1.29, 1.82) is 0 Å². The quantitative estimate of drug-likeness (QED) is 0.579. The van der Waals surface area contributed by atoms with Crippen molar-refractivity contribution < 1.29 is 18.7 Å². The van der Waals surface area contributed by atoms with Gasteiger partial charge in [0.05, 0.1) is 0 Å². The van der Waals surface area contributed by atoms with E-state index in [4.69, 9.17) is 4.74 Å². The highest BCUT2D eigenvalue weighted by atomic mass is 19.1. The van der Waals surface area contributed by atoms with E-state index in [0.29, 0.717) is 24.6 Å². The number of hydrogen-bond acceptors (Lipinski definition) is 3. The molecule has 2 aromatic rings. The summed E-state index contributed by atoms with van der Waals surface area (Å²) in [6.45, 7) is 8.52. The van der Waals surface area contributed by atoms with Gasteiger partial charge < -0.3 is 15.0 Å². The van der Waals surface area contributed by atoms with Gasteiger partial charge >= 0.3 is 0 Å². The van der Waals surface area contributed by atoms with Crippen LogP contribution in [-0.2, 0) is 22.6 Å². The van der Waals surface area contributed by atoms with Gasteiger partial charge in [0.25, 0.3) is 5.91 Å². The maximum atomic E-state index is 13.3. The van der Waals surface area contributed by atoms with Crippen LogP contribution in [0.15, 0.2) is 48.5 Å². The monoisotopic (exact) mass is 428 g/mol. The first-order valence-electron chi connectivity index (χ1n) is 10.9. The van der Waals surface area contributed by atoms with Crippen LogP contribution in [0.1, 0.15) is 45.2 Å². The summed E-state index contributed by atoms with van der Waals surface area (Å²) in [6.07, 6.45) is 1.39. The zero-order valence-electron chi connectivity index (χ0n) is 18.9. The molecule has 0 spiro atoms. The van der Waals surface area contributed by atoms with Crippen molar-refractivity contribution in [3.8, 4) is 5.75 Å². The molecule has 0 aliphatic rings. The minimum absolute atomic E-state index is 0.180. The maximum Gasteiger partial charge on any atom is 0.261 e. The molecule has 6 heteroatoms. The third-order valence-corrected chi connectivity index (χ3v) is 5.03. The number of carbonyl (C=O) groups excluding carboxylic acids is 2. The lowest BCUT2D eigenvalue weighted by molar-refractivity contribution is -0.143. The van der Waals surface area contributed by atoms with Crippen LogP contribution in [-0.4, -0.2) is 35.9 Å². The van der Waals surface area contributed by atoms with E-state index in [-0.39, 0.29) is 30.8 Å². The van der Waals surface area contributed by atoms with Crippen LogP contribution in [0.5, 0.6) is 5.75 Å². The highest BCUT2D eigenvalue weighted by Gasteiger charge is 2.29. The normalized spacial score (nSPS) is 11.8. The molecule has 1 unspecified atom stereocenters. The van der Waals surface area contributed by atoms with Crippen molar-refractivity contribution in [2.24, 2.45) is 5.92 Å². The number of aryl methyl sites for hydroxylation is 1. The number of nitrogens with one attached hydrogen (secondary N) is 1. The molecule has 0 aliphatic carbocycles. The van der Waals surface area contributed by atoms with E-state index in [1.54, 1.807) is 12.1 Å². The van der Waals surface area contributed by atoms with E-state index in [1.165, 1.54) is 22.6 Å². The zero-order valence-corrected chi connectivity index (χ0v) is 18.9. The fraction of sp³-hybridized carbons (Fsp3) is 0.440. The van der Waals surface area contributed by atoms with Gasteiger partial charge in [0.1, 0.15) is 17.6 Å². The van der Waals surface area contributed by atoms with Gasteiger partial charge in [0.2, 0.25) is 5.91 Å². The van der Waals surface area contributed by atoms with Crippen LogP contribution >= 0.6 is 0 Å². The molecule has 0 aliphatic heterocycles. The van der Waals surface area contributed by atoms with Crippen LogP contribution in [0, 0.1) is 11.7 Å². The Morgan fingerprint density at radius 2 is 1.61 bits per heavy atom. The smallest absolute Gasteiger partial charge is 0.261 e. The van der Waals surface area contributed by atoms with E-state index in [0.717, 1.165) is 12.0 Å². The largest absolute Gasteiger partial charge is 0.484 e. The molecule has 1 N–H and O–H groups in total. The molecule has 0 radical (unpaired) electrons. The molecule has 0 heterocycles. The van der Waals surface area contributed by atoms with Crippen LogP contribution in [0.3, 0.4) is 0 Å². The Morgan fingerprint density at radius 3 is 2.16 bits per heavy atom. The predicted octanol–water partition coefficient (Wildman–Crippen LogP) is 4.35. The van der Waals surface area contributed by atoms with Crippen molar-refractivity contribution in [2.75, 3.05) is 13.2 Å². The first-order chi connectivity index (χ1) is 14.8. The number of amides is 2. The van der Waals surface area contributed by atoms with Gasteiger partial charge in [-0.1, -0.05) is 52.0 Å². The van der Waals surface area contributed by atoms with Gasteiger partial charge in [-0.15, -0.1) is 0 Å². The minimum atomic E-state index is -0.637. The average molecular weight is 429 g/mol. The minimum Gasteiger partial charge on any atom is -0.484 e. The molecule has 0 saturated heterocycles. The van der Waals surface area contributed by atoms with E-state index in [2.05, 4.69) is 12.2 Å². The van der Waals surface area contributed by atoms with E-state index in [1.807, 2.05) is 45.0 Å². The molecule has 0 bridgehead atoms. The Hall–Kier alpha value is -2.89. The molecule has 168 valence electrons. The molecular weight excluding hydrogens is 395 g/mol. The van der Waals surface area contributed by atoms with Gasteiger partial charge in [-0.05, 0) is 54.2 Å². The summed E-state index contributed by atoms with van der Waals surface area (Å²) in [7, 11) is 0. The van der Waals surface area contributed by atoms with Crippen LogP contribution < -0.4 is 10.1 Å². The maximum absolute atomic E-state index is 13.3. The summed E-state index contributed by atoms with van der Waals surface area (Å²) >= 11 is 0. The van der Waals surface area contributed by atoms with Crippen molar-refractivity contribution in [1.82, 2.24) is 10.2 Å². The van der Waals surface area contributed by atoms with Crippen molar-refractivity contribution in [3.05, 3.63) is 65.5 Å². The SMILES string of the molecule is CCc1ccc(OCC(=O)N(Cc2ccc(F)cc2)C(CC)C(=O)NCC(C)C)cc1. The molecule has 2 amide bonds. The molecule has 31 heavy (non-hydrogen) atoms. The van der Waals surface area contributed by atoms with Crippen molar-refractivity contribution >= 4 is 11.8 Å². The Labute approximate surface area is 184 Å². The van der Waals surface area contributed by atoms with E-state index >= 15 is 0 Å². The second-order valence-electron chi connectivity index (χ2n) is 8.00. The predicted molar refractivity (Wildman–Crippen MR) is 120 cm³/mol. The molecule has 0 aromatic heterocycles. The molecule has 2 rings (SSSR count). The number of hydrogen-bond donors (Lipinski definition) is 1. The van der Waals surface area contributed by atoms with Gasteiger partial charge in [-0.2, -0.15) is 0 Å². The van der Waals surface area contributed by atoms with Crippen molar-refractivity contribution in [2.45, 2.75) is 53.1 Å². The molecule has 0 saturated carbocycles. The fourth-order valence-corrected chi connectivity index (χ4v) is 3.18. The topological polar surface area (TPSA) is 58.6 Å². The summed E-state index contributed by atoms with van der Waals surface area (Å²) < 4.78 is 19.0. The van der Waals surface area contributed by atoms with Crippen LogP contribution in [0.25, 0.3) is 0 Å². The lowest BCUT2D eigenvalue weighted by Crippen LogP contribution is -2.50. The molecule has 0 fully saturated rings. The third-order valence-electron chi connectivity index (χ3n) is 5.03. The zero-order chi connectivity index (χ0) is 22.8. The van der Waals surface area contributed by atoms with Crippen LogP contribution in [0.2, 0.25) is 0 Å². The second kappa shape index (κ2) is 12.1. The number of benzene rings is 2. The average Bonchev–Trinajstić information content (AvgIpc) is 2.77. The fourth-order valence-electron chi connectivity index (χ4n) is 3.18. The summed E-state index contributed by atoms with van der Waals surface area (Å²) in [5.74, 6) is 0.0679. The summed E-state index contributed by atoms with van der Waals surface area (Å²) in [4.78, 5) is 27.4. The number of carbonyl (C=O) groups is 2. The van der Waals surface area contributed by atoms with Gasteiger partial charge in [-0.25, -0.2) is 4.39 Å². The van der Waals surface area contributed by atoms with Gasteiger partial charge in [0.15, 0.2) is 6.61 Å². The third kappa shape index (κ3) is 7.70. The van der Waals surface area contributed by atoms with Gasteiger partial charge in [-0.3, -0.25) is 9.59 Å². The second-order valence-corrected chi connectivity index (χ2v) is 8.00. The lowest BCUT2D eigenvalue weighted by Gasteiger charge is -2.30. The number of halogens is 1. The molecular formula is C25H33FN2O3. The number of rotatable bonds is 11. The van der Waals surface area contributed by atoms with Crippen molar-refractivity contribution in [3.63, 3.8) is 0 Å². The Bertz CT molecular complexity index is 835. The first-order valence-corrected chi connectivity index (χ1v) is 10.9. The molecule has 5 nitrogen and oxygen atoms in total. The number of nitrogens with zero attached hydrogens (tertiary/aromatic N) is 1. The highest BCUT2D eigenvalue weighted by Crippen LogP contribution is 2.16. The number of ether oxygens (including phenoxy) is 1. The summed E-state index contributed by atoms with van der Waals surface area (Å²) in [6, 6.07) is 12.9. The standard InChI is InChI=1S/C25H33FN2O3/c1-5-19-9-13-22(14-10-19)31-17-24(29)28(16-20-7-11-21(26)12-8-20)23(6-2)25(30)27-15-18(3)4/h7-14,18,23H,5-6,15-17H2,1-4H3,(H,27,30). The Morgan fingerprint density at radius 1 is 1.00 bits per heavy atom. The van der Waals surface area contributed by atoms with E-state index in [9.17, 15) is 14.0 Å². The first kappa shape index (κ1) is 24.4. The lowest BCUT2D eigenvalue weighted by atomic mass is 10.1. The van der Waals surface area contributed by atoms with E-state index < -0.39 is 6.04 Å². The Kier molecular flexibility index (Phi) is 9.50. The van der Waals surface area contributed by atoms with Gasteiger partial charge in [0, 0.05) is 13.1 Å².